The van der Waals surface area contributed by atoms with Crippen molar-refractivity contribution in [2.75, 3.05) is 17.2 Å². The number of Topliss-reactive ketones (excluding diaryl/α,β-unsaturated/α-hetero) is 1. The molecule has 0 unspecified atom stereocenters. The van der Waals surface area contributed by atoms with Crippen LogP contribution in [0.4, 0.5) is 15.8 Å². The molecule has 28 heavy (non-hydrogen) atoms. The summed E-state index contributed by atoms with van der Waals surface area (Å²) in [5.41, 5.74) is 2.84. The van der Waals surface area contributed by atoms with Gasteiger partial charge in [0, 0.05) is 17.8 Å². The number of carbonyl (C=O) groups excluding carboxylic acids is 2. The molecule has 1 heterocycles. The van der Waals surface area contributed by atoms with E-state index in [9.17, 15) is 14.0 Å². The predicted molar refractivity (Wildman–Crippen MR) is 107 cm³/mol. The first kappa shape index (κ1) is 19.2. The van der Waals surface area contributed by atoms with E-state index in [1.165, 1.54) is 13.0 Å². The standard InChI is InChI=1S/C22H20FN3O2/c1-15(27)16-6-8-18(9-7-16)26-22(28)21-11-10-19(14-25-21)24-13-12-17-4-2-3-5-20(17)23/h2-11,14,24H,12-13H2,1H3,(H,26,28). The number of anilines is 2. The summed E-state index contributed by atoms with van der Waals surface area (Å²) < 4.78 is 13.6. The number of ketones is 1. The molecule has 0 fully saturated rings. The van der Waals surface area contributed by atoms with Crippen molar-refractivity contribution in [3.8, 4) is 0 Å². The van der Waals surface area contributed by atoms with Gasteiger partial charge in [0.05, 0.1) is 11.9 Å². The molecule has 0 aliphatic carbocycles. The maximum atomic E-state index is 13.6. The molecule has 1 aromatic heterocycles. The summed E-state index contributed by atoms with van der Waals surface area (Å²) in [7, 11) is 0. The maximum Gasteiger partial charge on any atom is 0.274 e. The SMILES string of the molecule is CC(=O)c1ccc(NC(=O)c2ccc(NCCc3ccccc3F)cn2)cc1. The van der Waals surface area contributed by atoms with Gasteiger partial charge < -0.3 is 10.6 Å². The fraction of sp³-hybridized carbons (Fsp3) is 0.136. The Morgan fingerprint density at radius 3 is 2.32 bits per heavy atom. The van der Waals surface area contributed by atoms with E-state index >= 15 is 0 Å². The van der Waals surface area contributed by atoms with Gasteiger partial charge in [-0.15, -0.1) is 0 Å². The third kappa shape index (κ3) is 5.01. The fourth-order valence-corrected chi connectivity index (χ4v) is 2.66. The number of amides is 1. The Labute approximate surface area is 162 Å². The number of halogens is 1. The normalized spacial score (nSPS) is 10.4. The fourth-order valence-electron chi connectivity index (χ4n) is 2.66. The van der Waals surface area contributed by atoms with E-state index in [2.05, 4.69) is 15.6 Å². The Kier molecular flexibility index (Phi) is 6.11. The number of carbonyl (C=O) groups is 2. The molecular weight excluding hydrogens is 357 g/mol. The zero-order chi connectivity index (χ0) is 19.9. The molecule has 3 aromatic rings. The molecule has 5 nitrogen and oxygen atoms in total. The summed E-state index contributed by atoms with van der Waals surface area (Å²) in [6.45, 7) is 2.04. The quantitative estimate of drug-likeness (QED) is 0.601. The molecule has 142 valence electrons. The van der Waals surface area contributed by atoms with Crippen molar-refractivity contribution in [3.63, 3.8) is 0 Å². The number of hydrogen-bond donors (Lipinski definition) is 2. The van der Waals surface area contributed by atoms with E-state index in [-0.39, 0.29) is 23.2 Å². The van der Waals surface area contributed by atoms with Crippen LogP contribution in [0.1, 0.15) is 33.3 Å². The smallest absolute Gasteiger partial charge is 0.274 e. The van der Waals surface area contributed by atoms with Gasteiger partial charge in [-0.2, -0.15) is 0 Å². The van der Waals surface area contributed by atoms with E-state index < -0.39 is 0 Å². The van der Waals surface area contributed by atoms with Crippen LogP contribution in [-0.2, 0) is 6.42 Å². The second-order valence-electron chi connectivity index (χ2n) is 6.29. The molecular formula is C22H20FN3O2. The van der Waals surface area contributed by atoms with E-state index in [0.29, 0.717) is 29.8 Å². The lowest BCUT2D eigenvalue weighted by atomic mass is 10.1. The predicted octanol–water partition coefficient (Wildman–Crippen LogP) is 4.33. The zero-order valence-corrected chi connectivity index (χ0v) is 15.4. The van der Waals surface area contributed by atoms with Crippen molar-refractivity contribution in [1.29, 1.82) is 0 Å². The Morgan fingerprint density at radius 2 is 1.68 bits per heavy atom. The monoisotopic (exact) mass is 377 g/mol. The summed E-state index contributed by atoms with van der Waals surface area (Å²) in [6.07, 6.45) is 2.11. The van der Waals surface area contributed by atoms with Gasteiger partial charge in [-0.25, -0.2) is 9.37 Å². The Morgan fingerprint density at radius 1 is 0.964 bits per heavy atom. The van der Waals surface area contributed by atoms with Crippen molar-refractivity contribution in [2.45, 2.75) is 13.3 Å². The molecule has 0 atom stereocenters. The zero-order valence-electron chi connectivity index (χ0n) is 15.4. The lowest BCUT2D eigenvalue weighted by molar-refractivity contribution is 0.101. The third-order valence-electron chi connectivity index (χ3n) is 4.23. The van der Waals surface area contributed by atoms with Crippen LogP contribution in [-0.4, -0.2) is 23.2 Å². The molecule has 1 amide bonds. The first-order valence-electron chi connectivity index (χ1n) is 8.88. The summed E-state index contributed by atoms with van der Waals surface area (Å²) in [5.74, 6) is -0.586. The highest BCUT2D eigenvalue weighted by Gasteiger charge is 2.08. The minimum absolute atomic E-state index is 0.0300. The van der Waals surface area contributed by atoms with E-state index in [0.717, 1.165) is 5.69 Å². The summed E-state index contributed by atoms with van der Waals surface area (Å²) in [4.78, 5) is 27.7. The molecule has 2 aromatic carbocycles. The highest BCUT2D eigenvalue weighted by Crippen LogP contribution is 2.13. The number of nitrogens with one attached hydrogen (secondary N) is 2. The van der Waals surface area contributed by atoms with Gasteiger partial charge in [0.2, 0.25) is 0 Å². The molecule has 0 radical (unpaired) electrons. The minimum atomic E-state index is -0.339. The van der Waals surface area contributed by atoms with Crippen LogP contribution in [0.15, 0.2) is 66.9 Å². The number of hydrogen-bond acceptors (Lipinski definition) is 4. The third-order valence-corrected chi connectivity index (χ3v) is 4.23. The van der Waals surface area contributed by atoms with E-state index in [1.807, 2.05) is 0 Å². The molecule has 0 spiro atoms. The van der Waals surface area contributed by atoms with Crippen LogP contribution in [0.3, 0.4) is 0 Å². The second kappa shape index (κ2) is 8.90. The van der Waals surface area contributed by atoms with Crippen LogP contribution in [0, 0.1) is 5.82 Å². The Hall–Kier alpha value is -3.54. The lowest BCUT2D eigenvalue weighted by Crippen LogP contribution is -2.14. The van der Waals surface area contributed by atoms with Crippen LogP contribution in [0.2, 0.25) is 0 Å². The molecule has 0 bridgehead atoms. The molecule has 6 heteroatoms. The van der Waals surface area contributed by atoms with Gasteiger partial charge in [-0.1, -0.05) is 18.2 Å². The number of rotatable bonds is 7. The highest BCUT2D eigenvalue weighted by molar-refractivity contribution is 6.03. The topological polar surface area (TPSA) is 71.1 Å². The molecule has 0 saturated heterocycles. The summed E-state index contributed by atoms with van der Waals surface area (Å²) in [6, 6.07) is 16.7. The van der Waals surface area contributed by atoms with Crippen molar-refractivity contribution in [3.05, 3.63) is 89.5 Å². The second-order valence-corrected chi connectivity index (χ2v) is 6.29. The Balaban J connectivity index is 1.53. The lowest BCUT2D eigenvalue weighted by Gasteiger charge is -2.08. The van der Waals surface area contributed by atoms with Gasteiger partial charge >= 0.3 is 0 Å². The van der Waals surface area contributed by atoms with Crippen LogP contribution in [0.5, 0.6) is 0 Å². The van der Waals surface area contributed by atoms with E-state index in [4.69, 9.17) is 0 Å². The van der Waals surface area contributed by atoms with Crippen LogP contribution in [0.25, 0.3) is 0 Å². The van der Waals surface area contributed by atoms with Gasteiger partial charge in [-0.3, -0.25) is 9.59 Å². The van der Waals surface area contributed by atoms with Gasteiger partial charge in [0.1, 0.15) is 11.5 Å². The average molecular weight is 377 g/mol. The Bertz CT molecular complexity index is 970. The largest absolute Gasteiger partial charge is 0.383 e. The van der Waals surface area contributed by atoms with Crippen molar-refractivity contribution in [1.82, 2.24) is 4.98 Å². The molecule has 3 rings (SSSR count). The van der Waals surface area contributed by atoms with Crippen LogP contribution >= 0.6 is 0 Å². The van der Waals surface area contributed by atoms with Gasteiger partial charge in [0.25, 0.3) is 5.91 Å². The molecule has 0 aliphatic heterocycles. The minimum Gasteiger partial charge on any atom is -0.383 e. The summed E-state index contributed by atoms with van der Waals surface area (Å²) >= 11 is 0. The highest BCUT2D eigenvalue weighted by atomic mass is 19.1. The van der Waals surface area contributed by atoms with E-state index in [1.54, 1.807) is 60.8 Å². The van der Waals surface area contributed by atoms with Crippen molar-refractivity contribution < 1.29 is 14.0 Å². The first-order chi connectivity index (χ1) is 13.5. The maximum absolute atomic E-state index is 13.6. The van der Waals surface area contributed by atoms with Gasteiger partial charge in [0.15, 0.2) is 5.78 Å². The average Bonchev–Trinajstić information content (AvgIpc) is 2.70. The molecule has 0 saturated carbocycles. The molecule has 0 aliphatic rings. The van der Waals surface area contributed by atoms with Crippen LogP contribution < -0.4 is 10.6 Å². The van der Waals surface area contributed by atoms with Gasteiger partial charge in [-0.05, 0) is 61.4 Å². The van der Waals surface area contributed by atoms with Crippen molar-refractivity contribution in [2.24, 2.45) is 0 Å². The summed E-state index contributed by atoms with van der Waals surface area (Å²) in [5, 5.41) is 5.90. The number of aromatic nitrogens is 1. The molecule has 2 N–H and O–H groups in total. The first-order valence-corrected chi connectivity index (χ1v) is 8.88. The number of benzene rings is 2. The van der Waals surface area contributed by atoms with Crippen molar-refractivity contribution >= 4 is 23.1 Å². The number of pyridine rings is 1. The number of nitrogens with zero attached hydrogens (tertiary/aromatic N) is 1.